The Morgan fingerprint density at radius 1 is 1.10 bits per heavy atom. The van der Waals surface area contributed by atoms with Gasteiger partial charge in [0, 0.05) is 26.8 Å². The Morgan fingerprint density at radius 2 is 1.86 bits per heavy atom. The second-order valence-electron chi connectivity index (χ2n) is 4.97. The number of hydrogen-bond donors (Lipinski definition) is 1. The summed E-state index contributed by atoms with van der Waals surface area (Å²) in [4.78, 5) is 20.5. The molecule has 0 radical (unpaired) electrons. The van der Waals surface area contributed by atoms with Gasteiger partial charge in [0.1, 0.15) is 11.0 Å². The van der Waals surface area contributed by atoms with Gasteiger partial charge in [-0.1, -0.05) is 17.7 Å². The van der Waals surface area contributed by atoms with Gasteiger partial charge in [-0.05, 0) is 18.7 Å². The number of halogens is 1. The van der Waals surface area contributed by atoms with Gasteiger partial charge in [-0.25, -0.2) is 4.98 Å². The molecule has 0 bridgehead atoms. The van der Waals surface area contributed by atoms with Crippen LogP contribution >= 0.6 is 11.6 Å². The minimum absolute atomic E-state index is 0.227. The van der Waals surface area contributed by atoms with Crippen LogP contribution in [0.2, 0.25) is 5.15 Å². The second kappa shape index (κ2) is 6.64. The fraction of sp³-hybridized carbons (Fsp3) is 0.385. The van der Waals surface area contributed by atoms with E-state index < -0.39 is 0 Å². The molecule has 0 unspecified atom stereocenters. The highest BCUT2D eigenvalue weighted by Crippen LogP contribution is 2.10. The molecule has 0 saturated heterocycles. The second-order valence-corrected chi connectivity index (χ2v) is 5.35. The normalized spacial score (nSPS) is 10.9. The standard InChI is InChI=1S/C13H18ClN7/c1-20(2)13-18-11(17-12(15)19-13)8-21(3)7-9-4-5-10(14)16-6-9/h4-6H,7-8H2,1-3H3,(H2,15,17,18,19). The zero-order valence-corrected chi connectivity index (χ0v) is 13.0. The van der Waals surface area contributed by atoms with Crippen molar-refractivity contribution in [1.82, 2.24) is 24.8 Å². The topological polar surface area (TPSA) is 84.1 Å². The zero-order chi connectivity index (χ0) is 15.4. The van der Waals surface area contributed by atoms with Crippen LogP contribution in [0.25, 0.3) is 0 Å². The van der Waals surface area contributed by atoms with E-state index in [4.69, 9.17) is 17.3 Å². The van der Waals surface area contributed by atoms with Crippen molar-refractivity contribution in [3.05, 3.63) is 34.9 Å². The van der Waals surface area contributed by atoms with Crippen molar-refractivity contribution in [3.8, 4) is 0 Å². The Balaban J connectivity index is 2.05. The van der Waals surface area contributed by atoms with Crippen molar-refractivity contribution in [3.63, 3.8) is 0 Å². The molecule has 0 aliphatic rings. The average Bonchev–Trinajstić information content (AvgIpc) is 2.40. The van der Waals surface area contributed by atoms with Gasteiger partial charge in [0.05, 0.1) is 6.54 Å². The van der Waals surface area contributed by atoms with E-state index in [2.05, 4.69) is 24.8 Å². The quantitative estimate of drug-likeness (QED) is 0.831. The third-order valence-electron chi connectivity index (χ3n) is 2.74. The van der Waals surface area contributed by atoms with E-state index >= 15 is 0 Å². The predicted molar refractivity (Wildman–Crippen MR) is 83.0 cm³/mol. The van der Waals surface area contributed by atoms with E-state index in [0.29, 0.717) is 30.0 Å². The number of anilines is 2. The molecule has 2 aromatic rings. The first-order valence-electron chi connectivity index (χ1n) is 6.41. The van der Waals surface area contributed by atoms with Crippen molar-refractivity contribution >= 4 is 23.5 Å². The molecule has 7 nitrogen and oxygen atoms in total. The first-order chi connectivity index (χ1) is 9.94. The van der Waals surface area contributed by atoms with Gasteiger partial charge in [0.25, 0.3) is 0 Å². The molecular weight excluding hydrogens is 290 g/mol. The smallest absolute Gasteiger partial charge is 0.229 e. The average molecular weight is 308 g/mol. The van der Waals surface area contributed by atoms with E-state index in [1.54, 1.807) is 17.2 Å². The molecule has 2 N–H and O–H groups in total. The number of nitrogens with zero attached hydrogens (tertiary/aromatic N) is 6. The Labute approximate surface area is 128 Å². The summed E-state index contributed by atoms with van der Waals surface area (Å²) in [5.74, 6) is 1.42. The van der Waals surface area contributed by atoms with Crippen LogP contribution in [0.3, 0.4) is 0 Å². The summed E-state index contributed by atoms with van der Waals surface area (Å²) in [6.45, 7) is 1.28. The SMILES string of the molecule is CN(Cc1ccc(Cl)nc1)Cc1nc(N)nc(N(C)C)n1. The number of nitrogen functional groups attached to an aromatic ring is 1. The van der Waals surface area contributed by atoms with E-state index in [1.807, 2.05) is 27.2 Å². The first kappa shape index (κ1) is 15.4. The summed E-state index contributed by atoms with van der Waals surface area (Å²) in [6.07, 6.45) is 1.76. The van der Waals surface area contributed by atoms with Gasteiger partial charge in [-0.15, -0.1) is 0 Å². The van der Waals surface area contributed by atoms with Crippen LogP contribution in [0.4, 0.5) is 11.9 Å². The minimum Gasteiger partial charge on any atom is -0.368 e. The number of hydrogen-bond acceptors (Lipinski definition) is 7. The van der Waals surface area contributed by atoms with Gasteiger partial charge in [-0.2, -0.15) is 15.0 Å². The molecule has 0 aliphatic carbocycles. The molecule has 112 valence electrons. The molecule has 8 heteroatoms. The van der Waals surface area contributed by atoms with Gasteiger partial charge >= 0.3 is 0 Å². The van der Waals surface area contributed by atoms with Gasteiger partial charge in [0.15, 0.2) is 0 Å². The van der Waals surface area contributed by atoms with Gasteiger partial charge < -0.3 is 10.6 Å². The third-order valence-corrected chi connectivity index (χ3v) is 2.96. The van der Waals surface area contributed by atoms with Crippen LogP contribution in [0.15, 0.2) is 18.3 Å². The molecule has 0 amide bonds. The molecule has 2 rings (SSSR count). The Morgan fingerprint density at radius 3 is 2.48 bits per heavy atom. The van der Waals surface area contributed by atoms with Crippen molar-refractivity contribution in [2.75, 3.05) is 31.8 Å². The monoisotopic (exact) mass is 307 g/mol. The van der Waals surface area contributed by atoms with E-state index in [9.17, 15) is 0 Å². The van der Waals surface area contributed by atoms with E-state index in [1.165, 1.54) is 0 Å². The Hall–Kier alpha value is -1.99. The largest absolute Gasteiger partial charge is 0.368 e. The number of rotatable bonds is 5. The molecule has 0 aromatic carbocycles. The summed E-state index contributed by atoms with van der Waals surface area (Å²) in [5, 5.41) is 0.488. The number of nitrogens with two attached hydrogens (primary N) is 1. The Bertz CT molecular complexity index is 600. The summed E-state index contributed by atoms with van der Waals surface area (Å²) >= 11 is 5.77. The summed E-state index contributed by atoms with van der Waals surface area (Å²) in [5.41, 5.74) is 6.78. The predicted octanol–water partition coefficient (Wildman–Crippen LogP) is 1.20. The highest BCUT2D eigenvalue weighted by atomic mass is 35.5. The van der Waals surface area contributed by atoms with Crippen molar-refractivity contribution in [2.45, 2.75) is 13.1 Å². The summed E-state index contributed by atoms with van der Waals surface area (Å²) in [7, 11) is 5.70. The maximum absolute atomic E-state index is 5.77. The molecule has 0 spiro atoms. The highest BCUT2D eigenvalue weighted by molar-refractivity contribution is 6.29. The molecule has 2 heterocycles. The van der Waals surface area contributed by atoms with Crippen LogP contribution in [0, 0.1) is 0 Å². The lowest BCUT2D eigenvalue weighted by molar-refractivity contribution is 0.310. The molecule has 0 saturated carbocycles. The lowest BCUT2D eigenvalue weighted by Crippen LogP contribution is -2.22. The van der Waals surface area contributed by atoms with Gasteiger partial charge in [-0.3, -0.25) is 4.90 Å². The minimum atomic E-state index is 0.227. The number of pyridine rings is 1. The lowest BCUT2D eigenvalue weighted by atomic mass is 10.3. The van der Waals surface area contributed by atoms with Gasteiger partial charge in [0.2, 0.25) is 11.9 Å². The lowest BCUT2D eigenvalue weighted by Gasteiger charge is -2.17. The Kier molecular flexibility index (Phi) is 4.87. The highest BCUT2D eigenvalue weighted by Gasteiger charge is 2.09. The fourth-order valence-electron chi connectivity index (χ4n) is 1.80. The van der Waals surface area contributed by atoms with Crippen molar-refractivity contribution in [2.24, 2.45) is 0 Å². The fourth-order valence-corrected chi connectivity index (χ4v) is 1.92. The van der Waals surface area contributed by atoms with Crippen LogP contribution in [0.5, 0.6) is 0 Å². The van der Waals surface area contributed by atoms with Crippen LogP contribution < -0.4 is 10.6 Å². The zero-order valence-electron chi connectivity index (χ0n) is 12.3. The molecule has 2 aromatic heterocycles. The third kappa shape index (κ3) is 4.51. The van der Waals surface area contributed by atoms with Crippen LogP contribution in [-0.2, 0) is 13.1 Å². The molecular formula is C13H18ClN7. The summed E-state index contributed by atoms with van der Waals surface area (Å²) in [6, 6.07) is 3.72. The molecule has 0 fully saturated rings. The maximum atomic E-state index is 5.77. The first-order valence-corrected chi connectivity index (χ1v) is 6.78. The maximum Gasteiger partial charge on any atom is 0.229 e. The molecule has 21 heavy (non-hydrogen) atoms. The summed E-state index contributed by atoms with van der Waals surface area (Å²) < 4.78 is 0. The number of aromatic nitrogens is 4. The molecule has 0 atom stereocenters. The van der Waals surface area contributed by atoms with Crippen molar-refractivity contribution < 1.29 is 0 Å². The van der Waals surface area contributed by atoms with E-state index in [0.717, 1.165) is 5.56 Å². The van der Waals surface area contributed by atoms with Crippen LogP contribution in [0.1, 0.15) is 11.4 Å². The molecule has 0 aliphatic heterocycles. The van der Waals surface area contributed by atoms with Crippen molar-refractivity contribution in [1.29, 1.82) is 0 Å². The van der Waals surface area contributed by atoms with Crippen LogP contribution in [-0.4, -0.2) is 46.0 Å². The van der Waals surface area contributed by atoms with E-state index in [-0.39, 0.29) is 5.95 Å².